The van der Waals surface area contributed by atoms with E-state index in [0.29, 0.717) is 34.0 Å². The van der Waals surface area contributed by atoms with Crippen molar-refractivity contribution in [1.29, 1.82) is 0 Å². The van der Waals surface area contributed by atoms with E-state index in [1.54, 1.807) is 18.2 Å². The summed E-state index contributed by atoms with van der Waals surface area (Å²) in [4.78, 5) is 15.5. The standard InChI is InChI=1S/C20H25BrN2O3/c21-19-12-11-17(25-19)18-13-16(22-26-18)20(24)23(14-7-3-1-4-8-14)15-9-5-2-6-10-15/h11-15H,1-10H2. The van der Waals surface area contributed by atoms with Gasteiger partial charge < -0.3 is 13.8 Å². The molecule has 2 aliphatic rings. The molecule has 2 fully saturated rings. The summed E-state index contributed by atoms with van der Waals surface area (Å²) >= 11 is 3.29. The summed E-state index contributed by atoms with van der Waals surface area (Å²) in [7, 11) is 0. The zero-order valence-corrected chi connectivity index (χ0v) is 16.5. The molecule has 2 heterocycles. The zero-order valence-electron chi connectivity index (χ0n) is 15.0. The summed E-state index contributed by atoms with van der Waals surface area (Å²) in [5, 5.41) is 4.07. The van der Waals surface area contributed by atoms with Crippen LogP contribution < -0.4 is 0 Å². The first kappa shape index (κ1) is 17.8. The summed E-state index contributed by atoms with van der Waals surface area (Å²) in [6.45, 7) is 0. The van der Waals surface area contributed by atoms with Crippen LogP contribution in [-0.4, -0.2) is 28.0 Å². The van der Waals surface area contributed by atoms with Crippen LogP contribution in [0.5, 0.6) is 0 Å². The Morgan fingerprint density at radius 2 is 1.58 bits per heavy atom. The van der Waals surface area contributed by atoms with E-state index in [9.17, 15) is 4.79 Å². The highest BCUT2D eigenvalue weighted by Crippen LogP contribution is 2.32. The lowest BCUT2D eigenvalue weighted by molar-refractivity contribution is 0.0438. The Hall–Kier alpha value is -1.56. The van der Waals surface area contributed by atoms with Crippen LogP contribution >= 0.6 is 15.9 Å². The Balaban J connectivity index is 1.58. The molecule has 2 aromatic heterocycles. The Bertz CT molecular complexity index is 724. The van der Waals surface area contributed by atoms with E-state index < -0.39 is 0 Å². The highest BCUT2D eigenvalue weighted by Gasteiger charge is 2.34. The zero-order chi connectivity index (χ0) is 17.9. The van der Waals surface area contributed by atoms with Crippen LogP contribution in [0.1, 0.15) is 74.7 Å². The summed E-state index contributed by atoms with van der Waals surface area (Å²) in [5.74, 6) is 1.08. The minimum Gasteiger partial charge on any atom is -0.446 e. The topological polar surface area (TPSA) is 59.5 Å². The van der Waals surface area contributed by atoms with Gasteiger partial charge in [0.25, 0.3) is 5.91 Å². The minimum absolute atomic E-state index is 0.0180. The number of carbonyl (C=O) groups is 1. The minimum atomic E-state index is 0.0180. The van der Waals surface area contributed by atoms with Crippen LogP contribution in [0.2, 0.25) is 0 Å². The van der Waals surface area contributed by atoms with Crippen molar-refractivity contribution in [3.8, 4) is 11.5 Å². The SMILES string of the molecule is O=C(c1cc(-c2ccc(Br)o2)on1)N(C1CCCCC1)C1CCCCC1. The Labute approximate surface area is 162 Å². The molecule has 1 amide bonds. The largest absolute Gasteiger partial charge is 0.446 e. The second kappa shape index (κ2) is 7.99. The fourth-order valence-corrected chi connectivity index (χ4v) is 4.73. The first-order chi connectivity index (χ1) is 12.7. The summed E-state index contributed by atoms with van der Waals surface area (Å²) in [5.41, 5.74) is 0.392. The average Bonchev–Trinajstić information content (AvgIpc) is 3.33. The molecular weight excluding hydrogens is 396 g/mol. The van der Waals surface area contributed by atoms with Crippen LogP contribution in [0.25, 0.3) is 11.5 Å². The number of aromatic nitrogens is 1. The second-order valence-corrected chi connectivity index (χ2v) is 8.26. The number of nitrogens with zero attached hydrogens (tertiary/aromatic N) is 2. The van der Waals surface area contributed by atoms with E-state index >= 15 is 0 Å². The molecule has 140 valence electrons. The molecule has 26 heavy (non-hydrogen) atoms. The van der Waals surface area contributed by atoms with Gasteiger partial charge in [-0.15, -0.1) is 0 Å². The van der Waals surface area contributed by atoms with Crippen molar-refractivity contribution in [2.24, 2.45) is 0 Å². The van der Waals surface area contributed by atoms with Gasteiger partial charge in [-0.05, 0) is 53.7 Å². The maximum Gasteiger partial charge on any atom is 0.276 e. The van der Waals surface area contributed by atoms with Crippen molar-refractivity contribution in [1.82, 2.24) is 10.1 Å². The molecular formula is C20H25BrN2O3. The second-order valence-electron chi connectivity index (χ2n) is 7.48. The lowest BCUT2D eigenvalue weighted by Crippen LogP contribution is -2.48. The van der Waals surface area contributed by atoms with Crippen molar-refractivity contribution in [2.75, 3.05) is 0 Å². The number of furan rings is 1. The number of hydrogen-bond donors (Lipinski definition) is 0. The normalized spacial score (nSPS) is 19.6. The van der Waals surface area contributed by atoms with Gasteiger partial charge in [-0.25, -0.2) is 0 Å². The number of amides is 1. The van der Waals surface area contributed by atoms with Crippen molar-refractivity contribution >= 4 is 21.8 Å². The molecule has 0 spiro atoms. The van der Waals surface area contributed by atoms with Gasteiger partial charge in [-0.2, -0.15) is 0 Å². The summed E-state index contributed by atoms with van der Waals surface area (Å²) in [6, 6.07) is 6.01. The Morgan fingerprint density at radius 3 is 2.12 bits per heavy atom. The molecule has 0 aliphatic heterocycles. The van der Waals surface area contributed by atoms with Gasteiger partial charge in [0.2, 0.25) is 5.76 Å². The molecule has 0 N–H and O–H groups in total. The number of halogens is 1. The van der Waals surface area contributed by atoms with Gasteiger partial charge in [-0.3, -0.25) is 4.79 Å². The maximum absolute atomic E-state index is 13.4. The Kier molecular flexibility index (Phi) is 5.48. The molecule has 0 unspecified atom stereocenters. The van der Waals surface area contributed by atoms with Crippen molar-refractivity contribution in [3.63, 3.8) is 0 Å². The first-order valence-corrected chi connectivity index (χ1v) is 10.6. The third-order valence-electron chi connectivity index (χ3n) is 5.72. The fraction of sp³-hybridized carbons (Fsp3) is 0.600. The van der Waals surface area contributed by atoms with Gasteiger partial charge in [0, 0.05) is 18.2 Å². The molecule has 0 bridgehead atoms. The van der Waals surface area contributed by atoms with E-state index in [1.807, 2.05) is 0 Å². The van der Waals surface area contributed by atoms with Crippen LogP contribution in [0.4, 0.5) is 0 Å². The van der Waals surface area contributed by atoms with Gasteiger partial charge in [0.1, 0.15) is 0 Å². The van der Waals surface area contributed by atoms with E-state index in [4.69, 9.17) is 8.94 Å². The molecule has 4 rings (SSSR count). The number of carbonyl (C=O) groups excluding carboxylic acids is 1. The fourth-order valence-electron chi connectivity index (χ4n) is 4.42. The van der Waals surface area contributed by atoms with Crippen LogP contribution in [-0.2, 0) is 0 Å². The quantitative estimate of drug-likeness (QED) is 0.626. The van der Waals surface area contributed by atoms with Gasteiger partial charge in [0.15, 0.2) is 16.1 Å². The predicted octanol–water partition coefficient (Wildman–Crippen LogP) is 5.80. The van der Waals surface area contributed by atoms with Crippen LogP contribution in [0, 0.1) is 0 Å². The van der Waals surface area contributed by atoms with Gasteiger partial charge in [0.05, 0.1) is 0 Å². The predicted molar refractivity (Wildman–Crippen MR) is 102 cm³/mol. The molecule has 2 aliphatic carbocycles. The van der Waals surface area contributed by atoms with Crippen molar-refractivity contribution in [2.45, 2.75) is 76.3 Å². The van der Waals surface area contributed by atoms with Crippen LogP contribution in [0.15, 0.2) is 31.8 Å². The maximum atomic E-state index is 13.4. The molecule has 5 nitrogen and oxygen atoms in total. The average molecular weight is 421 g/mol. The molecule has 0 atom stereocenters. The van der Waals surface area contributed by atoms with E-state index in [2.05, 4.69) is 26.0 Å². The highest BCUT2D eigenvalue weighted by molar-refractivity contribution is 9.10. The third kappa shape index (κ3) is 3.75. The molecule has 0 aromatic carbocycles. The lowest BCUT2D eigenvalue weighted by atomic mass is 9.88. The monoisotopic (exact) mass is 420 g/mol. The summed E-state index contributed by atoms with van der Waals surface area (Å²) < 4.78 is 11.5. The van der Waals surface area contributed by atoms with Gasteiger partial charge >= 0.3 is 0 Å². The first-order valence-electron chi connectivity index (χ1n) is 9.77. The lowest BCUT2D eigenvalue weighted by Gasteiger charge is -2.41. The molecule has 2 aromatic rings. The third-order valence-corrected chi connectivity index (χ3v) is 6.14. The van der Waals surface area contributed by atoms with Gasteiger partial charge in [-0.1, -0.05) is 43.7 Å². The summed E-state index contributed by atoms with van der Waals surface area (Å²) in [6.07, 6.45) is 11.9. The highest BCUT2D eigenvalue weighted by atomic mass is 79.9. The molecule has 6 heteroatoms. The van der Waals surface area contributed by atoms with E-state index in [1.165, 1.54) is 38.5 Å². The Morgan fingerprint density at radius 1 is 0.962 bits per heavy atom. The van der Waals surface area contributed by atoms with E-state index in [0.717, 1.165) is 25.7 Å². The number of rotatable bonds is 4. The smallest absolute Gasteiger partial charge is 0.276 e. The molecule has 2 saturated carbocycles. The van der Waals surface area contributed by atoms with Crippen molar-refractivity contribution in [3.05, 3.63) is 28.6 Å². The number of hydrogen-bond acceptors (Lipinski definition) is 4. The molecule has 0 radical (unpaired) electrons. The van der Waals surface area contributed by atoms with Crippen LogP contribution in [0.3, 0.4) is 0 Å². The van der Waals surface area contributed by atoms with E-state index in [-0.39, 0.29) is 5.91 Å². The molecule has 0 saturated heterocycles. The van der Waals surface area contributed by atoms with Crippen molar-refractivity contribution < 1.29 is 13.7 Å².